The molecule has 6 nitrogen and oxygen atoms in total. The van der Waals surface area contributed by atoms with E-state index in [1.807, 2.05) is 27.0 Å². The number of unbranched alkanes of at least 4 members (excludes halogenated alkanes) is 1. The van der Waals surface area contributed by atoms with Crippen molar-refractivity contribution < 1.29 is 4.42 Å². The maximum absolute atomic E-state index is 5.71. The Bertz CT molecular complexity index is 568. The number of rotatable bonds is 8. The van der Waals surface area contributed by atoms with Gasteiger partial charge in [-0.25, -0.2) is 4.98 Å². The lowest BCUT2D eigenvalue weighted by Gasteiger charge is -2.32. The van der Waals surface area contributed by atoms with Crippen molar-refractivity contribution in [3.63, 3.8) is 0 Å². The molecule has 0 amide bonds. The number of nitrogens with zero attached hydrogens (tertiary/aromatic N) is 4. The Morgan fingerprint density at radius 1 is 1.42 bits per heavy atom. The van der Waals surface area contributed by atoms with Crippen molar-refractivity contribution in [3.05, 3.63) is 30.0 Å². The van der Waals surface area contributed by atoms with Crippen LogP contribution < -0.4 is 5.32 Å². The van der Waals surface area contributed by atoms with E-state index < -0.39 is 0 Å². The Balaban J connectivity index is 1.69. The number of hydrogen-bond donors (Lipinski definition) is 1. The molecule has 0 saturated carbocycles. The third kappa shape index (κ3) is 6.16. The number of piperidine rings is 1. The van der Waals surface area contributed by atoms with Crippen molar-refractivity contribution in [2.75, 3.05) is 40.3 Å². The predicted molar refractivity (Wildman–Crippen MR) is 107 cm³/mol. The Morgan fingerprint density at radius 2 is 2.15 bits per heavy atom. The number of likely N-dealkylation sites (tertiary alicyclic amines) is 1. The van der Waals surface area contributed by atoms with Gasteiger partial charge in [-0.2, -0.15) is 0 Å². The minimum Gasteiger partial charge on any atom is -0.444 e. The molecular formula is C20H35N5O. The molecular weight excluding hydrogens is 326 g/mol. The van der Waals surface area contributed by atoms with Gasteiger partial charge < -0.3 is 14.6 Å². The summed E-state index contributed by atoms with van der Waals surface area (Å²) in [6.45, 7) is 12.8. The second kappa shape index (κ2) is 10.4. The van der Waals surface area contributed by atoms with E-state index in [4.69, 9.17) is 4.42 Å². The molecule has 1 saturated heterocycles. The van der Waals surface area contributed by atoms with E-state index in [0.717, 1.165) is 68.9 Å². The zero-order valence-corrected chi connectivity index (χ0v) is 16.9. The summed E-state index contributed by atoms with van der Waals surface area (Å²) < 4.78 is 5.71. The first-order chi connectivity index (χ1) is 12.5. The highest BCUT2D eigenvalue weighted by molar-refractivity contribution is 5.79. The summed E-state index contributed by atoms with van der Waals surface area (Å²) in [5.74, 6) is 3.46. The number of aryl methyl sites for hydroxylation is 2. The quantitative estimate of drug-likeness (QED) is 0.334. The predicted octanol–water partition coefficient (Wildman–Crippen LogP) is 2.98. The summed E-state index contributed by atoms with van der Waals surface area (Å²) in [7, 11) is 3.95. The van der Waals surface area contributed by atoms with E-state index in [9.17, 15) is 0 Å². The van der Waals surface area contributed by atoms with E-state index >= 15 is 0 Å². The minimum atomic E-state index is 0.692. The second-order valence-corrected chi connectivity index (χ2v) is 7.25. The van der Waals surface area contributed by atoms with E-state index in [2.05, 4.69) is 38.7 Å². The van der Waals surface area contributed by atoms with Gasteiger partial charge in [0.1, 0.15) is 5.76 Å². The van der Waals surface area contributed by atoms with Crippen LogP contribution in [0, 0.1) is 19.8 Å². The fourth-order valence-corrected chi connectivity index (χ4v) is 3.35. The number of oxazole rings is 1. The van der Waals surface area contributed by atoms with Gasteiger partial charge in [0.05, 0.1) is 12.2 Å². The highest BCUT2D eigenvalue weighted by Crippen LogP contribution is 2.19. The number of hydrogen-bond acceptors (Lipinski definition) is 4. The molecule has 26 heavy (non-hydrogen) atoms. The second-order valence-electron chi connectivity index (χ2n) is 7.25. The van der Waals surface area contributed by atoms with Crippen LogP contribution in [0.1, 0.15) is 43.0 Å². The fourth-order valence-electron chi connectivity index (χ4n) is 3.35. The first-order valence-corrected chi connectivity index (χ1v) is 9.71. The van der Waals surface area contributed by atoms with Crippen molar-refractivity contribution >= 4 is 5.96 Å². The summed E-state index contributed by atoms with van der Waals surface area (Å²) in [6, 6.07) is 0. The van der Waals surface area contributed by atoms with Crippen LogP contribution in [0.3, 0.4) is 0 Å². The summed E-state index contributed by atoms with van der Waals surface area (Å²) in [5, 5.41) is 3.54. The monoisotopic (exact) mass is 361 g/mol. The molecule has 0 unspecified atom stereocenters. The third-order valence-corrected chi connectivity index (χ3v) is 5.16. The van der Waals surface area contributed by atoms with Gasteiger partial charge >= 0.3 is 0 Å². The van der Waals surface area contributed by atoms with E-state index in [-0.39, 0.29) is 0 Å². The molecule has 0 bridgehead atoms. The first-order valence-electron chi connectivity index (χ1n) is 9.71. The van der Waals surface area contributed by atoms with Crippen LogP contribution in [0.2, 0.25) is 0 Å². The lowest BCUT2D eigenvalue weighted by molar-refractivity contribution is 0.163. The maximum atomic E-state index is 5.71. The smallest absolute Gasteiger partial charge is 0.208 e. The molecule has 1 fully saturated rings. The van der Waals surface area contributed by atoms with Crippen molar-refractivity contribution in [3.8, 4) is 0 Å². The lowest BCUT2D eigenvalue weighted by atomic mass is 9.97. The maximum Gasteiger partial charge on any atom is 0.208 e. The van der Waals surface area contributed by atoms with Crippen LogP contribution in [-0.2, 0) is 6.54 Å². The van der Waals surface area contributed by atoms with Crippen LogP contribution in [0.15, 0.2) is 22.1 Å². The first kappa shape index (κ1) is 20.5. The van der Waals surface area contributed by atoms with Gasteiger partial charge in [-0.15, -0.1) is 6.58 Å². The molecule has 1 N–H and O–H groups in total. The molecule has 6 heteroatoms. The van der Waals surface area contributed by atoms with E-state index in [1.165, 1.54) is 12.8 Å². The third-order valence-electron chi connectivity index (χ3n) is 5.16. The Kier molecular flexibility index (Phi) is 8.16. The molecule has 0 aromatic carbocycles. The molecule has 2 rings (SSSR count). The van der Waals surface area contributed by atoms with Crippen molar-refractivity contribution in [1.82, 2.24) is 20.1 Å². The SMILES string of the molecule is C=CCCCN(C)C(=NC)NCC1CCN(Cc2nc(C)c(C)o2)CC1. The van der Waals surface area contributed by atoms with Gasteiger partial charge in [0, 0.05) is 27.2 Å². The van der Waals surface area contributed by atoms with Gasteiger partial charge in [0.25, 0.3) is 0 Å². The Labute approximate surface area is 158 Å². The van der Waals surface area contributed by atoms with Gasteiger partial charge in [-0.05, 0) is 58.5 Å². The highest BCUT2D eigenvalue weighted by Gasteiger charge is 2.21. The van der Waals surface area contributed by atoms with Crippen molar-refractivity contribution in [2.24, 2.45) is 10.9 Å². The zero-order valence-electron chi connectivity index (χ0n) is 16.9. The van der Waals surface area contributed by atoms with Gasteiger partial charge in [0.15, 0.2) is 5.96 Å². The molecule has 0 atom stereocenters. The van der Waals surface area contributed by atoms with Gasteiger partial charge in [0.2, 0.25) is 5.89 Å². The molecule has 2 heterocycles. The summed E-state index contributed by atoms with van der Waals surface area (Å²) >= 11 is 0. The molecule has 1 aliphatic heterocycles. The molecule has 0 spiro atoms. The Hall–Kier alpha value is -1.82. The summed E-state index contributed by atoms with van der Waals surface area (Å²) in [5.41, 5.74) is 1.00. The van der Waals surface area contributed by atoms with Gasteiger partial charge in [-0.3, -0.25) is 9.89 Å². The average Bonchev–Trinajstić information content (AvgIpc) is 2.94. The summed E-state index contributed by atoms with van der Waals surface area (Å²) in [4.78, 5) is 13.5. The number of nitrogens with one attached hydrogen (secondary N) is 1. The number of aromatic nitrogens is 1. The normalized spacial score (nSPS) is 16.7. The Morgan fingerprint density at radius 3 is 2.73 bits per heavy atom. The molecule has 1 aliphatic rings. The molecule has 146 valence electrons. The number of allylic oxidation sites excluding steroid dienone is 1. The fraction of sp³-hybridized carbons (Fsp3) is 0.700. The largest absolute Gasteiger partial charge is 0.444 e. The standard InChI is InChI=1S/C20H35N5O/c1-6-7-8-11-24(5)20(21-4)22-14-18-9-12-25(13-10-18)15-19-23-16(2)17(3)26-19/h6,18H,1,7-15H2,2-5H3,(H,21,22). The van der Waals surface area contributed by atoms with Crippen LogP contribution in [0.5, 0.6) is 0 Å². The van der Waals surface area contributed by atoms with Crippen LogP contribution in [0.4, 0.5) is 0 Å². The average molecular weight is 362 g/mol. The molecule has 1 aromatic heterocycles. The summed E-state index contributed by atoms with van der Waals surface area (Å²) in [6.07, 6.45) is 6.52. The van der Waals surface area contributed by atoms with Gasteiger partial charge in [-0.1, -0.05) is 6.08 Å². The highest BCUT2D eigenvalue weighted by atomic mass is 16.4. The van der Waals surface area contributed by atoms with Crippen LogP contribution in [-0.4, -0.2) is 61.0 Å². The molecule has 1 aromatic rings. The van der Waals surface area contributed by atoms with Crippen LogP contribution in [0.25, 0.3) is 0 Å². The number of aliphatic imine (C=N–C) groups is 1. The topological polar surface area (TPSA) is 56.9 Å². The number of guanidine groups is 1. The minimum absolute atomic E-state index is 0.692. The molecule has 0 radical (unpaired) electrons. The van der Waals surface area contributed by atoms with Crippen molar-refractivity contribution in [1.29, 1.82) is 0 Å². The van der Waals surface area contributed by atoms with E-state index in [1.54, 1.807) is 0 Å². The van der Waals surface area contributed by atoms with Crippen LogP contribution >= 0.6 is 0 Å². The van der Waals surface area contributed by atoms with Crippen molar-refractivity contribution in [2.45, 2.75) is 46.1 Å². The molecule has 0 aliphatic carbocycles. The zero-order chi connectivity index (χ0) is 18.9. The lowest BCUT2D eigenvalue weighted by Crippen LogP contribution is -2.43. The van der Waals surface area contributed by atoms with E-state index in [0.29, 0.717) is 5.92 Å².